The maximum Gasteiger partial charge on any atom is 0.0908 e. The standard InChI is InChI=1S/C17H30O3S/c18-15(17(19)6-3-1-2-4-7-17)14-5-10-20-16(13-14)8-11-21-12-9-16/h14-15,18-19H,1-13H2. The van der Waals surface area contributed by atoms with E-state index in [4.69, 9.17) is 4.74 Å². The van der Waals surface area contributed by atoms with Gasteiger partial charge in [0.05, 0.1) is 17.3 Å². The first-order valence-corrected chi connectivity index (χ1v) is 9.91. The molecule has 0 aromatic heterocycles. The molecule has 3 aliphatic rings. The molecule has 0 aromatic carbocycles. The number of aliphatic hydroxyl groups is 2. The molecule has 2 aliphatic heterocycles. The average Bonchev–Trinajstić information content (AvgIpc) is 2.73. The van der Waals surface area contributed by atoms with Gasteiger partial charge in [-0.25, -0.2) is 0 Å². The molecule has 3 fully saturated rings. The smallest absolute Gasteiger partial charge is 0.0908 e. The van der Waals surface area contributed by atoms with Gasteiger partial charge >= 0.3 is 0 Å². The van der Waals surface area contributed by atoms with Gasteiger partial charge in [-0.2, -0.15) is 11.8 Å². The Morgan fingerprint density at radius 2 is 1.67 bits per heavy atom. The van der Waals surface area contributed by atoms with Crippen molar-refractivity contribution in [2.75, 3.05) is 18.1 Å². The van der Waals surface area contributed by atoms with Gasteiger partial charge in [0.2, 0.25) is 0 Å². The van der Waals surface area contributed by atoms with Crippen LogP contribution in [0, 0.1) is 5.92 Å². The van der Waals surface area contributed by atoms with Gasteiger partial charge in [0.1, 0.15) is 0 Å². The van der Waals surface area contributed by atoms with Gasteiger partial charge in [0.25, 0.3) is 0 Å². The van der Waals surface area contributed by atoms with Crippen molar-refractivity contribution >= 4 is 11.8 Å². The lowest BCUT2D eigenvalue weighted by molar-refractivity contribution is -0.163. The number of thioether (sulfide) groups is 1. The number of rotatable bonds is 2. The molecule has 0 amide bonds. The van der Waals surface area contributed by atoms with Gasteiger partial charge in [-0.15, -0.1) is 0 Å². The van der Waals surface area contributed by atoms with Crippen molar-refractivity contribution in [3.05, 3.63) is 0 Å². The van der Waals surface area contributed by atoms with Crippen LogP contribution in [0.25, 0.3) is 0 Å². The monoisotopic (exact) mass is 314 g/mol. The zero-order valence-corrected chi connectivity index (χ0v) is 13.9. The molecule has 2 saturated heterocycles. The fraction of sp³-hybridized carbons (Fsp3) is 1.00. The van der Waals surface area contributed by atoms with Crippen LogP contribution in [-0.2, 0) is 4.74 Å². The summed E-state index contributed by atoms with van der Waals surface area (Å²) in [6, 6.07) is 0. The van der Waals surface area contributed by atoms with Gasteiger partial charge < -0.3 is 14.9 Å². The summed E-state index contributed by atoms with van der Waals surface area (Å²) in [5, 5.41) is 21.9. The van der Waals surface area contributed by atoms with Crippen LogP contribution in [0.3, 0.4) is 0 Å². The summed E-state index contributed by atoms with van der Waals surface area (Å²) < 4.78 is 6.13. The highest BCUT2D eigenvalue weighted by atomic mass is 32.2. The molecule has 0 radical (unpaired) electrons. The van der Waals surface area contributed by atoms with Crippen LogP contribution < -0.4 is 0 Å². The lowest BCUT2D eigenvalue weighted by Crippen LogP contribution is -2.52. The maximum atomic E-state index is 11.0. The minimum Gasteiger partial charge on any atom is -0.390 e. The first kappa shape index (κ1) is 16.1. The van der Waals surface area contributed by atoms with Crippen molar-refractivity contribution in [2.24, 2.45) is 5.92 Å². The lowest BCUT2D eigenvalue weighted by Gasteiger charge is -2.47. The molecule has 1 spiro atoms. The number of hydrogen-bond acceptors (Lipinski definition) is 4. The van der Waals surface area contributed by atoms with E-state index >= 15 is 0 Å². The number of hydrogen-bond donors (Lipinski definition) is 2. The summed E-state index contributed by atoms with van der Waals surface area (Å²) in [5.41, 5.74) is -0.848. The van der Waals surface area contributed by atoms with Gasteiger partial charge in [0.15, 0.2) is 0 Å². The summed E-state index contributed by atoms with van der Waals surface area (Å²) >= 11 is 2.01. The third-order valence-electron chi connectivity index (χ3n) is 5.90. The second-order valence-electron chi connectivity index (χ2n) is 7.36. The van der Waals surface area contributed by atoms with E-state index < -0.39 is 11.7 Å². The lowest BCUT2D eigenvalue weighted by atomic mass is 9.73. The number of aliphatic hydroxyl groups excluding tert-OH is 1. The molecule has 4 heteroatoms. The highest BCUT2D eigenvalue weighted by Crippen LogP contribution is 2.43. The Hall–Kier alpha value is 0.230. The highest BCUT2D eigenvalue weighted by molar-refractivity contribution is 7.99. The fourth-order valence-corrected chi connectivity index (χ4v) is 5.74. The minimum absolute atomic E-state index is 0.00373. The molecule has 2 heterocycles. The van der Waals surface area contributed by atoms with Crippen molar-refractivity contribution in [2.45, 2.75) is 81.5 Å². The second-order valence-corrected chi connectivity index (χ2v) is 8.58. The molecule has 2 atom stereocenters. The third kappa shape index (κ3) is 3.60. The molecule has 2 N–H and O–H groups in total. The molecule has 122 valence electrons. The molecule has 1 saturated carbocycles. The Labute approximate surface area is 132 Å². The van der Waals surface area contributed by atoms with E-state index in [1.165, 1.54) is 24.3 Å². The van der Waals surface area contributed by atoms with Crippen LogP contribution >= 0.6 is 11.8 Å². The summed E-state index contributed by atoms with van der Waals surface area (Å²) in [6.07, 6.45) is 9.55. The molecule has 0 aromatic rings. The van der Waals surface area contributed by atoms with Crippen LogP contribution in [0.5, 0.6) is 0 Å². The van der Waals surface area contributed by atoms with Crippen molar-refractivity contribution in [1.82, 2.24) is 0 Å². The first-order valence-electron chi connectivity index (χ1n) is 8.76. The minimum atomic E-state index is -0.844. The van der Waals surface area contributed by atoms with E-state index in [1.54, 1.807) is 0 Å². The fourth-order valence-electron chi connectivity index (χ4n) is 4.50. The second kappa shape index (κ2) is 6.77. The van der Waals surface area contributed by atoms with E-state index in [-0.39, 0.29) is 11.5 Å². The number of ether oxygens (including phenoxy) is 1. The largest absolute Gasteiger partial charge is 0.390 e. The first-order chi connectivity index (χ1) is 10.1. The Morgan fingerprint density at radius 1 is 1.00 bits per heavy atom. The van der Waals surface area contributed by atoms with Gasteiger partial charge in [-0.3, -0.25) is 0 Å². The Bertz CT molecular complexity index is 327. The van der Waals surface area contributed by atoms with Gasteiger partial charge in [-0.1, -0.05) is 25.7 Å². The van der Waals surface area contributed by atoms with Crippen molar-refractivity contribution in [3.8, 4) is 0 Å². The summed E-state index contributed by atoms with van der Waals surface area (Å²) in [7, 11) is 0. The maximum absolute atomic E-state index is 11.0. The molecule has 1 aliphatic carbocycles. The summed E-state index contributed by atoms with van der Waals surface area (Å²) in [5.74, 6) is 2.56. The molecular formula is C17H30O3S. The van der Waals surface area contributed by atoms with Crippen molar-refractivity contribution in [3.63, 3.8) is 0 Å². The quantitative estimate of drug-likeness (QED) is 0.769. The third-order valence-corrected chi connectivity index (χ3v) is 6.89. The predicted octanol–water partition coefficient (Wildman–Crippen LogP) is 3.13. The van der Waals surface area contributed by atoms with Crippen molar-refractivity contribution < 1.29 is 14.9 Å². The summed E-state index contributed by atoms with van der Waals surface area (Å²) in [6.45, 7) is 0.752. The van der Waals surface area contributed by atoms with Crippen LogP contribution in [0.4, 0.5) is 0 Å². The van der Waals surface area contributed by atoms with Gasteiger partial charge in [-0.05, 0) is 55.9 Å². The predicted molar refractivity (Wildman–Crippen MR) is 86.6 cm³/mol. The van der Waals surface area contributed by atoms with Crippen LogP contribution in [0.2, 0.25) is 0 Å². The van der Waals surface area contributed by atoms with E-state index in [0.29, 0.717) is 0 Å². The van der Waals surface area contributed by atoms with Gasteiger partial charge in [0, 0.05) is 6.61 Å². The van der Waals surface area contributed by atoms with Crippen LogP contribution in [0.1, 0.15) is 64.2 Å². The topological polar surface area (TPSA) is 49.7 Å². The van der Waals surface area contributed by atoms with E-state index in [2.05, 4.69) is 0 Å². The molecule has 2 unspecified atom stereocenters. The van der Waals surface area contributed by atoms with Crippen LogP contribution in [0.15, 0.2) is 0 Å². The SMILES string of the molecule is OC(C1CCOC2(CCSCC2)C1)C1(O)CCCCCC1. The zero-order chi connectivity index (χ0) is 14.8. The molecular weight excluding hydrogens is 284 g/mol. The van der Waals surface area contributed by atoms with Crippen molar-refractivity contribution in [1.29, 1.82) is 0 Å². The van der Waals surface area contributed by atoms with E-state index in [0.717, 1.165) is 58.0 Å². The molecule has 21 heavy (non-hydrogen) atoms. The Kier molecular flexibility index (Phi) is 5.19. The Morgan fingerprint density at radius 3 is 2.33 bits per heavy atom. The Balaban J connectivity index is 1.67. The van der Waals surface area contributed by atoms with E-state index in [9.17, 15) is 10.2 Å². The highest BCUT2D eigenvalue weighted by Gasteiger charge is 2.46. The average molecular weight is 314 g/mol. The van der Waals surface area contributed by atoms with Crippen LogP contribution in [-0.4, -0.2) is 45.6 Å². The molecule has 3 nitrogen and oxygen atoms in total. The van der Waals surface area contributed by atoms with E-state index in [1.807, 2.05) is 11.8 Å². The zero-order valence-electron chi connectivity index (χ0n) is 13.1. The normalized spacial score (nSPS) is 34.3. The molecule has 0 bridgehead atoms. The molecule has 3 rings (SSSR count). The summed E-state index contributed by atoms with van der Waals surface area (Å²) in [4.78, 5) is 0.